The highest BCUT2D eigenvalue weighted by Crippen LogP contribution is 2.35. The van der Waals surface area contributed by atoms with Crippen molar-refractivity contribution < 1.29 is 19.2 Å². The number of carbonyl (C=O) groups is 1. The fourth-order valence-corrected chi connectivity index (χ4v) is 3.80. The van der Waals surface area contributed by atoms with Crippen LogP contribution >= 0.6 is 0 Å². The predicted octanol–water partition coefficient (Wildman–Crippen LogP) is 3.33. The number of nitrogens with zero attached hydrogens (tertiary/aromatic N) is 2. The Hall–Kier alpha value is -3.59. The number of hydrogen-bond donors (Lipinski definition) is 2. The topological polar surface area (TPSA) is 120 Å². The molecule has 4 rings (SSSR count). The van der Waals surface area contributed by atoms with E-state index in [-0.39, 0.29) is 30.1 Å². The summed E-state index contributed by atoms with van der Waals surface area (Å²) in [5, 5.41) is 14.2. The maximum Gasteiger partial charge on any atom is 0.292 e. The predicted molar refractivity (Wildman–Crippen MR) is 117 cm³/mol. The Morgan fingerprint density at radius 1 is 1.26 bits per heavy atom. The number of aryl methyl sites for hydroxylation is 1. The first-order chi connectivity index (χ1) is 14.8. The van der Waals surface area contributed by atoms with Gasteiger partial charge in [-0.05, 0) is 55.2 Å². The first kappa shape index (κ1) is 20.7. The third-order valence-corrected chi connectivity index (χ3v) is 5.74. The maximum atomic E-state index is 12.7. The second-order valence-electron chi connectivity index (χ2n) is 7.69. The Labute approximate surface area is 179 Å². The van der Waals surface area contributed by atoms with Gasteiger partial charge in [0.05, 0.1) is 11.0 Å². The lowest BCUT2D eigenvalue weighted by atomic mass is 9.96. The summed E-state index contributed by atoms with van der Waals surface area (Å²) in [6, 6.07) is 8.36. The Morgan fingerprint density at radius 2 is 2.03 bits per heavy atom. The number of hydrogen-bond acceptors (Lipinski definition) is 7. The average molecular weight is 424 g/mol. The van der Waals surface area contributed by atoms with Crippen LogP contribution in [0.2, 0.25) is 0 Å². The van der Waals surface area contributed by atoms with Crippen LogP contribution in [0.25, 0.3) is 5.57 Å². The number of nitrogens with two attached hydrogens (primary N) is 1. The zero-order valence-corrected chi connectivity index (χ0v) is 17.4. The molecular weight excluding hydrogens is 400 g/mol. The normalized spacial score (nSPS) is 16.5. The third-order valence-electron chi connectivity index (χ3n) is 5.74. The summed E-state index contributed by atoms with van der Waals surface area (Å²) >= 11 is 0. The van der Waals surface area contributed by atoms with Crippen LogP contribution in [0.4, 0.5) is 17.1 Å². The summed E-state index contributed by atoms with van der Waals surface area (Å²) < 4.78 is 10.6. The van der Waals surface area contributed by atoms with Gasteiger partial charge in [0, 0.05) is 30.9 Å². The van der Waals surface area contributed by atoms with Crippen LogP contribution in [0.5, 0.6) is 11.5 Å². The number of nitrogen functional groups attached to an aromatic ring is 1. The molecule has 2 heterocycles. The van der Waals surface area contributed by atoms with E-state index in [9.17, 15) is 14.9 Å². The fourth-order valence-electron chi connectivity index (χ4n) is 3.80. The molecule has 2 aliphatic rings. The van der Waals surface area contributed by atoms with Gasteiger partial charge in [-0.15, -0.1) is 0 Å². The Balaban J connectivity index is 1.43. The van der Waals surface area contributed by atoms with Gasteiger partial charge in [0.25, 0.3) is 5.69 Å². The zero-order valence-electron chi connectivity index (χ0n) is 17.4. The van der Waals surface area contributed by atoms with Crippen molar-refractivity contribution in [3.8, 4) is 11.5 Å². The number of benzene rings is 2. The number of nitro benzene ring substituents is 1. The summed E-state index contributed by atoms with van der Waals surface area (Å²) in [5.74, 6) is 1.16. The van der Waals surface area contributed by atoms with E-state index < -0.39 is 4.92 Å². The summed E-state index contributed by atoms with van der Waals surface area (Å²) in [6.45, 7) is 5.05. The fraction of sp³-hybridized carbons (Fsp3) is 0.318. The Bertz CT molecular complexity index is 1080. The van der Waals surface area contributed by atoms with E-state index in [1.165, 1.54) is 6.07 Å². The van der Waals surface area contributed by atoms with Crippen molar-refractivity contribution >= 4 is 28.5 Å². The summed E-state index contributed by atoms with van der Waals surface area (Å²) in [6.07, 6.45) is 2.70. The number of fused-ring (bicyclic) bond motifs is 1. The van der Waals surface area contributed by atoms with Gasteiger partial charge in [-0.1, -0.05) is 6.08 Å². The van der Waals surface area contributed by atoms with Gasteiger partial charge in [0.15, 0.2) is 11.5 Å². The van der Waals surface area contributed by atoms with Gasteiger partial charge in [0.2, 0.25) is 12.7 Å². The lowest BCUT2D eigenvalue weighted by molar-refractivity contribution is -0.383. The molecule has 1 atom stereocenters. The van der Waals surface area contributed by atoms with Crippen molar-refractivity contribution in [2.45, 2.75) is 26.3 Å². The van der Waals surface area contributed by atoms with Crippen LogP contribution in [0.3, 0.4) is 0 Å². The number of carbonyl (C=O) groups excluding carboxylic acids is 1. The molecule has 1 amide bonds. The first-order valence-electron chi connectivity index (χ1n) is 10.0. The van der Waals surface area contributed by atoms with E-state index in [1.54, 1.807) is 25.1 Å². The van der Waals surface area contributed by atoms with Crippen molar-refractivity contribution in [3.05, 3.63) is 57.6 Å². The second-order valence-corrected chi connectivity index (χ2v) is 7.69. The molecule has 0 aliphatic carbocycles. The minimum absolute atomic E-state index is 0.0743. The van der Waals surface area contributed by atoms with Crippen LogP contribution in [-0.4, -0.2) is 41.7 Å². The maximum absolute atomic E-state index is 12.7. The largest absolute Gasteiger partial charge is 0.454 e. The van der Waals surface area contributed by atoms with Gasteiger partial charge >= 0.3 is 0 Å². The smallest absolute Gasteiger partial charge is 0.292 e. The minimum atomic E-state index is -0.454. The number of rotatable bonds is 5. The highest BCUT2D eigenvalue weighted by Gasteiger charge is 2.25. The van der Waals surface area contributed by atoms with Crippen molar-refractivity contribution in [2.24, 2.45) is 0 Å². The molecular formula is C22H24N4O5. The molecule has 9 nitrogen and oxygen atoms in total. The summed E-state index contributed by atoms with van der Waals surface area (Å²) in [7, 11) is 0. The molecule has 0 fully saturated rings. The molecule has 0 saturated carbocycles. The number of ether oxygens (including phenoxy) is 2. The average Bonchev–Trinajstić information content (AvgIpc) is 3.22. The molecule has 31 heavy (non-hydrogen) atoms. The number of amides is 1. The van der Waals surface area contributed by atoms with Gasteiger partial charge in [0.1, 0.15) is 5.69 Å². The van der Waals surface area contributed by atoms with Crippen LogP contribution < -0.4 is 20.5 Å². The molecule has 0 radical (unpaired) electrons. The van der Waals surface area contributed by atoms with E-state index in [0.29, 0.717) is 42.3 Å². The lowest BCUT2D eigenvalue weighted by Gasteiger charge is -2.31. The van der Waals surface area contributed by atoms with Crippen LogP contribution in [-0.2, 0) is 4.79 Å². The molecule has 0 aromatic heterocycles. The van der Waals surface area contributed by atoms with E-state index in [1.807, 2.05) is 19.1 Å². The third kappa shape index (κ3) is 4.17. The van der Waals surface area contributed by atoms with E-state index in [0.717, 1.165) is 11.1 Å². The molecule has 3 N–H and O–H groups in total. The molecule has 2 aromatic rings. The highest BCUT2D eigenvalue weighted by molar-refractivity contribution is 5.95. The quantitative estimate of drug-likeness (QED) is 0.429. The molecule has 0 bridgehead atoms. The monoisotopic (exact) mass is 424 g/mol. The molecule has 162 valence electrons. The molecule has 0 spiro atoms. The van der Waals surface area contributed by atoms with Crippen LogP contribution in [0, 0.1) is 17.0 Å². The first-order valence-corrected chi connectivity index (χ1v) is 10.0. The van der Waals surface area contributed by atoms with Gasteiger partial charge in [-0.3, -0.25) is 19.8 Å². The summed E-state index contributed by atoms with van der Waals surface area (Å²) in [4.78, 5) is 25.6. The molecule has 9 heteroatoms. The van der Waals surface area contributed by atoms with E-state index in [4.69, 9.17) is 15.2 Å². The Morgan fingerprint density at radius 3 is 2.74 bits per heavy atom. The standard InChI is InChI=1S/C22H24N4O5/c1-13-9-16(10-18(21(13)23)26(28)29)15-5-7-25(8-6-15)14(2)22(27)24-17-3-4-19-20(11-17)31-12-30-19/h3-5,9-11,14H,6-8,12,23H2,1-2H3,(H,24,27). The van der Waals surface area contributed by atoms with E-state index in [2.05, 4.69) is 10.2 Å². The SMILES string of the molecule is Cc1cc(C2=CCN(C(C)C(=O)Nc3ccc4c(c3)OCO4)CC2)cc([N+](=O)[O-])c1N. The van der Waals surface area contributed by atoms with Crippen LogP contribution in [0.1, 0.15) is 24.5 Å². The van der Waals surface area contributed by atoms with Gasteiger partial charge < -0.3 is 20.5 Å². The molecule has 2 aromatic carbocycles. The van der Waals surface area contributed by atoms with Crippen molar-refractivity contribution in [3.63, 3.8) is 0 Å². The van der Waals surface area contributed by atoms with Crippen molar-refractivity contribution in [2.75, 3.05) is 30.9 Å². The molecule has 0 saturated heterocycles. The number of nitrogens with one attached hydrogen (secondary N) is 1. The second kappa shape index (κ2) is 8.27. The highest BCUT2D eigenvalue weighted by atomic mass is 16.7. The van der Waals surface area contributed by atoms with Crippen molar-refractivity contribution in [1.82, 2.24) is 4.90 Å². The van der Waals surface area contributed by atoms with Gasteiger partial charge in [-0.2, -0.15) is 0 Å². The van der Waals surface area contributed by atoms with Crippen molar-refractivity contribution in [1.29, 1.82) is 0 Å². The minimum Gasteiger partial charge on any atom is -0.454 e. The zero-order chi connectivity index (χ0) is 22.1. The van der Waals surface area contributed by atoms with Crippen LogP contribution in [0.15, 0.2) is 36.4 Å². The molecule has 1 unspecified atom stereocenters. The van der Waals surface area contributed by atoms with Gasteiger partial charge in [-0.25, -0.2) is 0 Å². The lowest BCUT2D eigenvalue weighted by Crippen LogP contribution is -2.44. The van der Waals surface area contributed by atoms with E-state index >= 15 is 0 Å². The summed E-state index contributed by atoms with van der Waals surface area (Å²) in [5.41, 5.74) is 9.12. The number of nitro groups is 1. The molecule has 2 aliphatic heterocycles. The number of anilines is 2. The Kier molecular flexibility index (Phi) is 5.51.